The van der Waals surface area contributed by atoms with Crippen molar-refractivity contribution in [3.63, 3.8) is 0 Å². The number of anilines is 1. The average Bonchev–Trinajstić information content (AvgIpc) is 2.77. The monoisotopic (exact) mass is 324 g/mol. The van der Waals surface area contributed by atoms with Gasteiger partial charge in [0.2, 0.25) is 0 Å². The molecule has 1 heterocycles. The molecule has 1 aromatic heterocycles. The first kappa shape index (κ1) is 13.6. The number of rotatable bonds is 6. The third-order valence-corrected chi connectivity index (χ3v) is 4.47. The topological polar surface area (TPSA) is 38.0 Å². The van der Waals surface area contributed by atoms with Crippen LogP contribution in [0.15, 0.2) is 40.2 Å². The van der Waals surface area contributed by atoms with E-state index in [1.54, 1.807) is 11.3 Å². The van der Waals surface area contributed by atoms with E-state index in [2.05, 4.69) is 38.8 Å². The highest BCUT2D eigenvalue weighted by Gasteiger charge is 1.99. The van der Waals surface area contributed by atoms with Gasteiger partial charge in [-0.25, -0.2) is 0 Å². The summed E-state index contributed by atoms with van der Waals surface area (Å²) >= 11 is 5.24. The molecule has 4 heteroatoms. The first-order chi connectivity index (χ1) is 8.75. The van der Waals surface area contributed by atoms with Gasteiger partial charge in [-0.05, 0) is 53.0 Å². The van der Waals surface area contributed by atoms with Crippen molar-refractivity contribution in [2.24, 2.45) is 0 Å². The first-order valence-corrected chi connectivity index (χ1v) is 7.70. The first-order valence-electron chi connectivity index (χ1n) is 6.03. The molecular weight excluding hydrogens is 308 g/mol. The maximum absolute atomic E-state index is 5.91. The van der Waals surface area contributed by atoms with Crippen molar-refractivity contribution in [3.8, 4) is 0 Å². The van der Waals surface area contributed by atoms with Crippen LogP contribution in [0.4, 0.5) is 5.69 Å². The third kappa shape index (κ3) is 4.12. The van der Waals surface area contributed by atoms with Gasteiger partial charge in [-0.2, -0.15) is 0 Å². The third-order valence-electron chi connectivity index (χ3n) is 2.78. The molecule has 18 heavy (non-hydrogen) atoms. The SMILES string of the molecule is Nc1ccccc1CCCNCc1cc(Br)cs1. The van der Waals surface area contributed by atoms with Crippen molar-refractivity contribution < 1.29 is 0 Å². The Morgan fingerprint density at radius 1 is 1.28 bits per heavy atom. The molecule has 0 saturated heterocycles. The van der Waals surface area contributed by atoms with Gasteiger partial charge in [0.05, 0.1) is 0 Å². The summed E-state index contributed by atoms with van der Waals surface area (Å²) < 4.78 is 1.17. The van der Waals surface area contributed by atoms with Crippen molar-refractivity contribution in [1.29, 1.82) is 0 Å². The lowest BCUT2D eigenvalue weighted by Crippen LogP contribution is -2.14. The predicted molar refractivity (Wildman–Crippen MR) is 82.9 cm³/mol. The molecule has 0 aliphatic rings. The van der Waals surface area contributed by atoms with Crippen molar-refractivity contribution in [2.45, 2.75) is 19.4 Å². The van der Waals surface area contributed by atoms with E-state index in [9.17, 15) is 0 Å². The Morgan fingerprint density at radius 3 is 2.83 bits per heavy atom. The Bertz CT molecular complexity index is 496. The van der Waals surface area contributed by atoms with E-state index in [-0.39, 0.29) is 0 Å². The van der Waals surface area contributed by atoms with Crippen molar-refractivity contribution in [3.05, 3.63) is 50.6 Å². The molecule has 0 atom stereocenters. The lowest BCUT2D eigenvalue weighted by molar-refractivity contribution is 0.655. The molecule has 96 valence electrons. The second-order valence-electron chi connectivity index (χ2n) is 4.21. The Balaban J connectivity index is 1.66. The highest BCUT2D eigenvalue weighted by atomic mass is 79.9. The van der Waals surface area contributed by atoms with Crippen LogP contribution in [0.3, 0.4) is 0 Å². The van der Waals surface area contributed by atoms with E-state index < -0.39 is 0 Å². The molecule has 2 rings (SSSR count). The molecule has 2 nitrogen and oxygen atoms in total. The van der Waals surface area contributed by atoms with Gasteiger partial charge in [-0.3, -0.25) is 0 Å². The van der Waals surface area contributed by atoms with E-state index in [1.807, 2.05) is 18.2 Å². The number of nitrogen functional groups attached to an aromatic ring is 1. The van der Waals surface area contributed by atoms with Crippen molar-refractivity contribution in [2.75, 3.05) is 12.3 Å². The summed E-state index contributed by atoms with van der Waals surface area (Å²) in [6.45, 7) is 1.96. The number of benzene rings is 1. The van der Waals surface area contributed by atoms with E-state index in [4.69, 9.17) is 5.73 Å². The fourth-order valence-electron chi connectivity index (χ4n) is 1.82. The number of nitrogens with one attached hydrogen (secondary N) is 1. The smallest absolute Gasteiger partial charge is 0.0346 e. The van der Waals surface area contributed by atoms with Crippen LogP contribution in [0, 0.1) is 0 Å². The van der Waals surface area contributed by atoms with Crippen LogP contribution < -0.4 is 11.1 Å². The molecule has 1 aromatic carbocycles. The largest absolute Gasteiger partial charge is 0.399 e. The van der Waals surface area contributed by atoms with Gasteiger partial charge < -0.3 is 11.1 Å². The lowest BCUT2D eigenvalue weighted by atomic mass is 10.1. The van der Waals surface area contributed by atoms with Gasteiger partial charge in [0.1, 0.15) is 0 Å². The number of thiophene rings is 1. The number of aryl methyl sites for hydroxylation is 1. The summed E-state index contributed by atoms with van der Waals surface area (Å²) in [5, 5.41) is 5.57. The molecule has 0 fully saturated rings. The summed E-state index contributed by atoms with van der Waals surface area (Å²) in [7, 11) is 0. The Hall–Kier alpha value is -0.840. The maximum Gasteiger partial charge on any atom is 0.0346 e. The summed E-state index contributed by atoms with van der Waals surface area (Å²) in [6, 6.07) is 10.2. The number of hydrogen-bond donors (Lipinski definition) is 2. The number of halogens is 1. The summed E-state index contributed by atoms with van der Waals surface area (Å²) in [5.41, 5.74) is 8.06. The van der Waals surface area contributed by atoms with Gasteiger partial charge in [0.15, 0.2) is 0 Å². The van der Waals surface area contributed by atoms with Gasteiger partial charge in [-0.1, -0.05) is 18.2 Å². The Labute approximate surface area is 120 Å². The molecule has 0 aliphatic carbocycles. The molecule has 0 aliphatic heterocycles. The standard InChI is InChI=1S/C14H17BrN2S/c15-12-8-13(18-10-12)9-17-7-3-5-11-4-1-2-6-14(11)16/h1-2,4,6,8,10,17H,3,5,7,9,16H2. The zero-order valence-corrected chi connectivity index (χ0v) is 12.6. The van der Waals surface area contributed by atoms with Gasteiger partial charge in [-0.15, -0.1) is 11.3 Å². The molecule has 0 spiro atoms. The van der Waals surface area contributed by atoms with Gasteiger partial charge in [0.25, 0.3) is 0 Å². The fourth-order valence-corrected chi connectivity index (χ4v) is 3.24. The van der Waals surface area contributed by atoms with Crippen LogP contribution in [-0.2, 0) is 13.0 Å². The zero-order chi connectivity index (χ0) is 12.8. The maximum atomic E-state index is 5.91. The molecule has 2 aromatic rings. The Kier molecular flexibility index (Phi) is 5.23. The minimum Gasteiger partial charge on any atom is -0.399 e. The normalized spacial score (nSPS) is 10.7. The van der Waals surface area contributed by atoms with Crippen LogP contribution in [0.2, 0.25) is 0 Å². The zero-order valence-electron chi connectivity index (χ0n) is 10.2. The summed E-state index contributed by atoms with van der Waals surface area (Å²) in [5.74, 6) is 0. The van der Waals surface area contributed by atoms with Crippen LogP contribution in [-0.4, -0.2) is 6.54 Å². The highest BCUT2D eigenvalue weighted by molar-refractivity contribution is 9.10. The Morgan fingerprint density at radius 2 is 2.11 bits per heavy atom. The molecule has 3 N–H and O–H groups in total. The van der Waals surface area contributed by atoms with Crippen LogP contribution in [0.1, 0.15) is 16.9 Å². The summed E-state index contributed by atoms with van der Waals surface area (Å²) in [4.78, 5) is 1.36. The number of para-hydroxylation sites is 1. The number of hydrogen-bond acceptors (Lipinski definition) is 3. The molecule has 0 saturated carbocycles. The van der Waals surface area contributed by atoms with Crippen LogP contribution in [0.5, 0.6) is 0 Å². The van der Waals surface area contributed by atoms with Crippen LogP contribution >= 0.6 is 27.3 Å². The van der Waals surface area contributed by atoms with E-state index in [0.717, 1.165) is 31.6 Å². The predicted octanol–water partition coefficient (Wildman–Crippen LogP) is 3.82. The van der Waals surface area contributed by atoms with E-state index in [0.29, 0.717) is 0 Å². The number of nitrogens with two attached hydrogens (primary N) is 1. The minimum absolute atomic E-state index is 0.902. The molecular formula is C14H17BrN2S. The van der Waals surface area contributed by atoms with Crippen LogP contribution in [0.25, 0.3) is 0 Å². The second kappa shape index (κ2) is 6.92. The molecule has 0 bridgehead atoms. The second-order valence-corrected chi connectivity index (χ2v) is 6.12. The summed E-state index contributed by atoms with van der Waals surface area (Å²) in [6.07, 6.45) is 2.15. The molecule has 0 unspecified atom stereocenters. The lowest BCUT2D eigenvalue weighted by Gasteiger charge is -2.06. The van der Waals surface area contributed by atoms with Crippen molar-refractivity contribution >= 4 is 33.0 Å². The highest BCUT2D eigenvalue weighted by Crippen LogP contribution is 2.19. The van der Waals surface area contributed by atoms with E-state index >= 15 is 0 Å². The fraction of sp³-hybridized carbons (Fsp3) is 0.286. The van der Waals surface area contributed by atoms with E-state index in [1.165, 1.54) is 14.9 Å². The molecule has 0 radical (unpaired) electrons. The quantitative estimate of drug-likeness (QED) is 0.626. The average molecular weight is 325 g/mol. The van der Waals surface area contributed by atoms with Gasteiger partial charge >= 0.3 is 0 Å². The molecule has 0 amide bonds. The van der Waals surface area contributed by atoms with Crippen molar-refractivity contribution in [1.82, 2.24) is 5.32 Å². The van der Waals surface area contributed by atoms with Gasteiger partial charge in [0, 0.05) is 27.0 Å². The minimum atomic E-state index is 0.902.